The van der Waals surface area contributed by atoms with Crippen molar-refractivity contribution in [3.63, 3.8) is 0 Å². The Bertz CT molecular complexity index is 704. The van der Waals surface area contributed by atoms with Gasteiger partial charge in [0.15, 0.2) is 5.96 Å². The molecule has 3 rings (SSSR count). The minimum Gasteiger partial charge on any atom is -0.381 e. The van der Waals surface area contributed by atoms with Crippen LogP contribution in [-0.2, 0) is 9.47 Å². The van der Waals surface area contributed by atoms with E-state index in [4.69, 9.17) is 14.5 Å². The number of guanidine groups is 1. The first-order chi connectivity index (χ1) is 13.9. The Morgan fingerprint density at radius 2 is 1.97 bits per heavy atom. The molecule has 2 heterocycles. The Labute approximate surface area is 199 Å². The van der Waals surface area contributed by atoms with Gasteiger partial charge in [-0.15, -0.1) is 24.0 Å². The molecule has 170 valence electrons. The molecule has 2 saturated heterocycles. The highest BCUT2D eigenvalue weighted by Gasteiger charge is 2.35. The summed E-state index contributed by atoms with van der Waals surface area (Å²) in [6.07, 6.45) is 2.13. The molecule has 0 aliphatic carbocycles. The fraction of sp³-hybridized carbons (Fsp3) is 0.696. The zero-order valence-electron chi connectivity index (χ0n) is 19.2. The number of aliphatic imine (C=N–C) groups is 1. The molecule has 0 saturated carbocycles. The van der Waals surface area contributed by atoms with Crippen molar-refractivity contribution in [2.45, 2.75) is 45.3 Å². The molecule has 1 N–H and O–H groups in total. The first-order valence-corrected chi connectivity index (χ1v) is 10.9. The SMILES string of the molecule is CCNC(=NCC1(N(C)C)CCOCC1)N1CCOC(c2ccc(C)cc2C)C1.I. The molecule has 1 aromatic rings. The highest BCUT2D eigenvalue weighted by molar-refractivity contribution is 14.0. The highest BCUT2D eigenvalue weighted by atomic mass is 127. The predicted octanol–water partition coefficient (Wildman–Crippen LogP) is 3.37. The zero-order valence-corrected chi connectivity index (χ0v) is 21.6. The van der Waals surface area contributed by atoms with E-state index in [0.29, 0.717) is 0 Å². The number of rotatable bonds is 5. The summed E-state index contributed by atoms with van der Waals surface area (Å²) in [7, 11) is 4.33. The number of ether oxygens (including phenoxy) is 2. The summed E-state index contributed by atoms with van der Waals surface area (Å²) in [4.78, 5) is 9.79. The Hall–Kier alpha value is -0.900. The fourth-order valence-electron chi connectivity index (χ4n) is 4.36. The van der Waals surface area contributed by atoms with Crippen LogP contribution in [-0.4, -0.2) is 81.4 Å². The minimum absolute atomic E-state index is 0. The Balaban J connectivity index is 0.00000320. The van der Waals surface area contributed by atoms with Gasteiger partial charge in [0.05, 0.1) is 19.7 Å². The number of nitrogens with zero attached hydrogens (tertiary/aromatic N) is 3. The lowest BCUT2D eigenvalue weighted by molar-refractivity contribution is -0.00995. The van der Waals surface area contributed by atoms with Gasteiger partial charge in [-0.05, 0) is 58.8 Å². The summed E-state index contributed by atoms with van der Waals surface area (Å²) in [5, 5.41) is 3.51. The quantitative estimate of drug-likeness (QED) is 0.360. The number of halogens is 1. The molecule has 6 nitrogen and oxygen atoms in total. The number of aryl methyl sites for hydroxylation is 2. The van der Waals surface area contributed by atoms with Crippen molar-refractivity contribution in [1.82, 2.24) is 15.1 Å². The molecule has 1 aromatic carbocycles. The second-order valence-electron chi connectivity index (χ2n) is 8.57. The third kappa shape index (κ3) is 6.08. The predicted molar refractivity (Wildman–Crippen MR) is 134 cm³/mol. The van der Waals surface area contributed by atoms with Crippen LogP contribution in [0.5, 0.6) is 0 Å². The fourth-order valence-corrected chi connectivity index (χ4v) is 4.36. The van der Waals surface area contributed by atoms with Gasteiger partial charge in [0, 0.05) is 31.8 Å². The second-order valence-corrected chi connectivity index (χ2v) is 8.57. The Kier molecular flexibility index (Phi) is 9.84. The number of benzene rings is 1. The molecule has 0 radical (unpaired) electrons. The number of hydrogen-bond donors (Lipinski definition) is 1. The first kappa shape index (κ1) is 25.4. The third-order valence-corrected chi connectivity index (χ3v) is 6.37. The summed E-state index contributed by atoms with van der Waals surface area (Å²) >= 11 is 0. The molecule has 2 fully saturated rings. The van der Waals surface area contributed by atoms with Gasteiger partial charge in [-0.25, -0.2) is 0 Å². The maximum atomic E-state index is 6.15. The topological polar surface area (TPSA) is 49.3 Å². The van der Waals surface area contributed by atoms with Gasteiger partial charge in [0.1, 0.15) is 6.10 Å². The molecule has 1 unspecified atom stereocenters. The third-order valence-electron chi connectivity index (χ3n) is 6.37. The van der Waals surface area contributed by atoms with Crippen molar-refractivity contribution in [3.8, 4) is 0 Å². The summed E-state index contributed by atoms with van der Waals surface area (Å²) < 4.78 is 11.8. The number of morpholine rings is 1. The molecule has 0 aromatic heterocycles. The number of nitrogens with one attached hydrogen (secondary N) is 1. The summed E-state index contributed by atoms with van der Waals surface area (Å²) in [5.74, 6) is 0.998. The van der Waals surface area contributed by atoms with Crippen molar-refractivity contribution >= 4 is 29.9 Å². The van der Waals surface area contributed by atoms with Crippen LogP contribution in [0.4, 0.5) is 0 Å². The van der Waals surface area contributed by atoms with Gasteiger partial charge in [0.2, 0.25) is 0 Å². The van der Waals surface area contributed by atoms with Crippen molar-refractivity contribution < 1.29 is 9.47 Å². The zero-order chi connectivity index (χ0) is 20.9. The summed E-state index contributed by atoms with van der Waals surface area (Å²) in [6, 6.07) is 6.63. The van der Waals surface area contributed by atoms with Crippen LogP contribution in [0.2, 0.25) is 0 Å². The van der Waals surface area contributed by atoms with Crippen LogP contribution in [0.3, 0.4) is 0 Å². The monoisotopic (exact) mass is 530 g/mol. The molecule has 2 aliphatic heterocycles. The average molecular weight is 530 g/mol. The molecule has 30 heavy (non-hydrogen) atoms. The molecule has 0 spiro atoms. The lowest BCUT2D eigenvalue weighted by Crippen LogP contribution is -2.53. The largest absolute Gasteiger partial charge is 0.381 e. The van der Waals surface area contributed by atoms with E-state index in [1.54, 1.807) is 0 Å². The van der Waals surface area contributed by atoms with E-state index in [1.807, 2.05) is 0 Å². The average Bonchev–Trinajstić information content (AvgIpc) is 2.72. The van der Waals surface area contributed by atoms with Crippen molar-refractivity contribution in [2.24, 2.45) is 4.99 Å². The van der Waals surface area contributed by atoms with Crippen LogP contribution in [0.1, 0.15) is 42.6 Å². The van der Waals surface area contributed by atoms with E-state index < -0.39 is 0 Å². The van der Waals surface area contributed by atoms with Gasteiger partial charge in [-0.3, -0.25) is 4.99 Å². The Morgan fingerprint density at radius 3 is 2.60 bits per heavy atom. The molecule has 2 aliphatic rings. The lowest BCUT2D eigenvalue weighted by Gasteiger charge is -2.42. The Morgan fingerprint density at radius 1 is 1.23 bits per heavy atom. The molecule has 7 heteroatoms. The maximum absolute atomic E-state index is 6.15. The van der Waals surface area contributed by atoms with Crippen molar-refractivity contribution in [1.29, 1.82) is 0 Å². The lowest BCUT2D eigenvalue weighted by atomic mass is 9.89. The molecule has 0 bridgehead atoms. The summed E-state index contributed by atoms with van der Waals surface area (Å²) in [6.45, 7) is 12.1. The van der Waals surface area contributed by atoms with Gasteiger partial charge < -0.3 is 24.6 Å². The van der Waals surface area contributed by atoms with E-state index in [2.05, 4.69) is 68.2 Å². The van der Waals surface area contributed by atoms with E-state index >= 15 is 0 Å². The van der Waals surface area contributed by atoms with Crippen LogP contribution in [0.25, 0.3) is 0 Å². The van der Waals surface area contributed by atoms with Crippen molar-refractivity contribution in [3.05, 3.63) is 34.9 Å². The minimum atomic E-state index is 0. The number of hydrogen-bond acceptors (Lipinski definition) is 4. The van der Waals surface area contributed by atoms with E-state index in [1.165, 1.54) is 16.7 Å². The number of likely N-dealkylation sites (N-methyl/N-ethyl adjacent to an activating group) is 1. The molecular formula is C23H39IN4O2. The maximum Gasteiger partial charge on any atom is 0.194 e. The van der Waals surface area contributed by atoms with E-state index in [9.17, 15) is 0 Å². The van der Waals surface area contributed by atoms with Crippen molar-refractivity contribution in [2.75, 3.05) is 60.1 Å². The first-order valence-electron chi connectivity index (χ1n) is 10.9. The molecule has 1 atom stereocenters. The van der Waals surface area contributed by atoms with Gasteiger partial charge in [0.25, 0.3) is 0 Å². The normalized spacial score (nSPS) is 22.0. The van der Waals surface area contributed by atoms with E-state index in [-0.39, 0.29) is 35.6 Å². The van der Waals surface area contributed by atoms with Crippen LogP contribution >= 0.6 is 24.0 Å². The van der Waals surface area contributed by atoms with E-state index in [0.717, 1.165) is 64.8 Å². The van der Waals surface area contributed by atoms with Crippen LogP contribution in [0, 0.1) is 13.8 Å². The second kappa shape index (κ2) is 11.6. The smallest absolute Gasteiger partial charge is 0.194 e. The van der Waals surface area contributed by atoms with Gasteiger partial charge >= 0.3 is 0 Å². The molecular weight excluding hydrogens is 491 g/mol. The van der Waals surface area contributed by atoms with Gasteiger partial charge in [-0.2, -0.15) is 0 Å². The highest BCUT2D eigenvalue weighted by Crippen LogP contribution is 2.28. The van der Waals surface area contributed by atoms with Gasteiger partial charge in [-0.1, -0.05) is 23.8 Å². The standard InChI is InChI=1S/C23H38N4O2.HI/c1-6-24-22(25-17-23(26(4)5)9-12-28-13-10-23)27-11-14-29-21(16-27)20-8-7-18(2)15-19(20)3;/h7-8,15,21H,6,9-14,16-17H2,1-5H3,(H,24,25);1H. The molecule has 0 amide bonds. The summed E-state index contributed by atoms with van der Waals surface area (Å²) in [5.41, 5.74) is 3.95. The van der Waals surface area contributed by atoms with Crippen LogP contribution in [0.15, 0.2) is 23.2 Å². The van der Waals surface area contributed by atoms with Crippen LogP contribution < -0.4 is 5.32 Å².